The highest BCUT2D eigenvalue weighted by Crippen LogP contribution is 2.27. The fourth-order valence-corrected chi connectivity index (χ4v) is 2.89. The number of nitrogens with one attached hydrogen (secondary N) is 1. The summed E-state index contributed by atoms with van der Waals surface area (Å²) in [5.74, 6) is 0. The van der Waals surface area contributed by atoms with Gasteiger partial charge in [0.15, 0.2) is 0 Å². The van der Waals surface area contributed by atoms with Crippen molar-refractivity contribution in [2.24, 2.45) is 0 Å². The van der Waals surface area contributed by atoms with Crippen molar-refractivity contribution in [2.45, 2.75) is 25.4 Å². The van der Waals surface area contributed by atoms with E-state index in [1.165, 1.54) is 5.56 Å². The molecule has 0 spiro atoms. The van der Waals surface area contributed by atoms with E-state index in [-0.39, 0.29) is 18.7 Å². The Balaban J connectivity index is 1.58. The smallest absolute Gasteiger partial charge is 0.322 e. The third kappa shape index (κ3) is 4.73. The normalized spacial score (nSPS) is 13.4. The van der Waals surface area contributed by atoms with Gasteiger partial charge in [0.1, 0.15) is 0 Å². The van der Waals surface area contributed by atoms with Crippen LogP contribution in [0.3, 0.4) is 0 Å². The number of anilines is 2. The molecule has 1 saturated carbocycles. The van der Waals surface area contributed by atoms with Crippen molar-refractivity contribution in [3.8, 4) is 0 Å². The summed E-state index contributed by atoms with van der Waals surface area (Å²) in [6, 6.07) is 18.3. The van der Waals surface area contributed by atoms with Crippen LogP contribution in [0.25, 0.3) is 0 Å². The predicted molar refractivity (Wildman–Crippen MR) is 101 cm³/mol. The Hall–Kier alpha value is -2.53. The first kappa shape index (κ1) is 17.3. The molecule has 1 aliphatic carbocycles. The van der Waals surface area contributed by atoms with Crippen molar-refractivity contribution in [2.75, 3.05) is 30.4 Å². The van der Waals surface area contributed by atoms with E-state index in [2.05, 4.69) is 29.4 Å². The number of carbonyl (C=O) groups is 1. The molecule has 0 saturated heterocycles. The highest BCUT2D eigenvalue weighted by Gasteiger charge is 2.32. The van der Waals surface area contributed by atoms with Gasteiger partial charge in [0.2, 0.25) is 0 Å². The third-order valence-electron chi connectivity index (χ3n) is 4.41. The van der Waals surface area contributed by atoms with Gasteiger partial charge in [0.25, 0.3) is 0 Å². The molecule has 0 heterocycles. The lowest BCUT2D eigenvalue weighted by atomic mass is 10.2. The summed E-state index contributed by atoms with van der Waals surface area (Å²) in [5.41, 5.74) is 3.12. The summed E-state index contributed by atoms with van der Waals surface area (Å²) in [7, 11) is 2.05. The molecule has 0 aromatic heterocycles. The summed E-state index contributed by atoms with van der Waals surface area (Å²) < 4.78 is 0. The summed E-state index contributed by atoms with van der Waals surface area (Å²) in [6.07, 6.45) is 2.05. The van der Waals surface area contributed by atoms with Gasteiger partial charge in [0.05, 0.1) is 6.61 Å². The number of urea groups is 1. The molecular weight excluding hydrogens is 314 g/mol. The van der Waals surface area contributed by atoms with Crippen molar-refractivity contribution in [3.05, 3.63) is 60.2 Å². The number of hydrogen-bond donors (Lipinski definition) is 2. The van der Waals surface area contributed by atoms with Crippen LogP contribution < -0.4 is 10.2 Å². The van der Waals surface area contributed by atoms with Gasteiger partial charge in [-0.2, -0.15) is 0 Å². The maximum atomic E-state index is 12.3. The van der Waals surface area contributed by atoms with Crippen LogP contribution in [0.5, 0.6) is 0 Å². The predicted octanol–water partition coefficient (Wildman–Crippen LogP) is 3.31. The maximum absolute atomic E-state index is 12.3. The number of aliphatic hydroxyl groups is 1. The first-order valence-corrected chi connectivity index (χ1v) is 8.71. The second-order valence-corrected chi connectivity index (χ2v) is 6.47. The van der Waals surface area contributed by atoms with Gasteiger partial charge in [-0.05, 0) is 42.7 Å². The molecule has 0 atom stereocenters. The SMILES string of the molecule is CN(Cc1ccccc1)c1ccc(NC(=O)N(CCO)C2CC2)cc1. The molecule has 1 aliphatic rings. The lowest BCUT2D eigenvalue weighted by molar-refractivity contribution is 0.185. The molecule has 132 valence electrons. The standard InChI is InChI=1S/C20H25N3O2/c1-22(15-16-5-3-2-4-6-16)18-9-7-17(8-10-18)21-20(25)23(13-14-24)19-11-12-19/h2-10,19,24H,11-15H2,1H3,(H,21,25). The molecule has 2 amide bonds. The number of aliphatic hydroxyl groups excluding tert-OH is 1. The topological polar surface area (TPSA) is 55.8 Å². The van der Waals surface area contributed by atoms with Gasteiger partial charge >= 0.3 is 6.03 Å². The van der Waals surface area contributed by atoms with E-state index in [1.807, 2.05) is 42.5 Å². The highest BCUT2D eigenvalue weighted by molar-refractivity contribution is 5.90. The van der Waals surface area contributed by atoms with Crippen LogP contribution in [0.15, 0.2) is 54.6 Å². The van der Waals surface area contributed by atoms with Crippen molar-refractivity contribution in [1.82, 2.24) is 4.90 Å². The van der Waals surface area contributed by atoms with E-state index in [0.29, 0.717) is 6.54 Å². The molecule has 2 N–H and O–H groups in total. The average Bonchev–Trinajstić information content (AvgIpc) is 3.46. The maximum Gasteiger partial charge on any atom is 0.322 e. The lowest BCUT2D eigenvalue weighted by Crippen LogP contribution is -2.38. The van der Waals surface area contributed by atoms with Gasteiger partial charge in [-0.3, -0.25) is 0 Å². The Bertz CT molecular complexity index is 684. The summed E-state index contributed by atoms with van der Waals surface area (Å²) in [6.45, 7) is 1.21. The minimum atomic E-state index is -0.137. The van der Waals surface area contributed by atoms with Crippen LogP contribution in [0.4, 0.5) is 16.2 Å². The van der Waals surface area contributed by atoms with E-state index < -0.39 is 0 Å². The van der Waals surface area contributed by atoms with Gasteiger partial charge in [-0.15, -0.1) is 0 Å². The van der Waals surface area contributed by atoms with E-state index in [1.54, 1.807) is 4.90 Å². The zero-order chi connectivity index (χ0) is 17.6. The minimum absolute atomic E-state index is 0.00681. The lowest BCUT2D eigenvalue weighted by Gasteiger charge is -2.22. The van der Waals surface area contributed by atoms with Crippen LogP contribution in [-0.4, -0.2) is 42.3 Å². The second kappa shape index (κ2) is 8.03. The van der Waals surface area contributed by atoms with Gasteiger partial charge in [-0.25, -0.2) is 4.79 Å². The Labute approximate surface area is 148 Å². The van der Waals surface area contributed by atoms with E-state index in [4.69, 9.17) is 5.11 Å². The van der Waals surface area contributed by atoms with E-state index in [9.17, 15) is 4.79 Å². The molecule has 0 bridgehead atoms. The molecule has 5 heteroatoms. The van der Waals surface area contributed by atoms with Crippen LogP contribution in [0.1, 0.15) is 18.4 Å². The molecule has 0 unspecified atom stereocenters. The highest BCUT2D eigenvalue weighted by atomic mass is 16.3. The molecule has 5 nitrogen and oxygen atoms in total. The van der Waals surface area contributed by atoms with Crippen molar-refractivity contribution in [3.63, 3.8) is 0 Å². The van der Waals surface area contributed by atoms with Gasteiger partial charge in [-0.1, -0.05) is 30.3 Å². The number of benzene rings is 2. The minimum Gasteiger partial charge on any atom is -0.395 e. The molecule has 2 aromatic rings. The number of hydrogen-bond acceptors (Lipinski definition) is 3. The largest absolute Gasteiger partial charge is 0.395 e. The number of amides is 2. The molecular formula is C20H25N3O2. The zero-order valence-corrected chi connectivity index (χ0v) is 14.6. The van der Waals surface area contributed by atoms with Crippen molar-refractivity contribution >= 4 is 17.4 Å². The van der Waals surface area contributed by atoms with Crippen LogP contribution >= 0.6 is 0 Å². The van der Waals surface area contributed by atoms with Crippen LogP contribution in [0.2, 0.25) is 0 Å². The van der Waals surface area contributed by atoms with Gasteiger partial charge in [0, 0.05) is 37.6 Å². The average molecular weight is 339 g/mol. The summed E-state index contributed by atoms with van der Waals surface area (Å²) in [4.78, 5) is 16.2. The van der Waals surface area contributed by atoms with E-state index in [0.717, 1.165) is 30.8 Å². The quantitative estimate of drug-likeness (QED) is 0.814. The number of rotatable bonds is 7. The fraction of sp³-hybridized carbons (Fsp3) is 0.350. The fourth-order valence-electron chi connectivity index (χ4n) is 2.89. The van der Waals surface area contributed by atoms with E-state index >= 15 is 0 Å². The molecule has 25 heavy (non-hydrogen) atoms. The monoisotopic (exact) mass is 339 g/mol. The third-order valence-corrected chi connectivity index (χ3v) is 4.41. The molecule has 3 rings (SSSR count). The molecule has 0 aliphatic heterocycles. The Morgan fingerprint density at radius 3 is 2.40 bits per heavy atom. The van der Waals surface area contributed by atoms with Crippen LogP contribution in [-0.2, 0) is 6.54 Å². The number of carbonyl (C=O) groups excluding carboxylic acids is 1. The zero-order valence-electron chi connectivity index (χ0n) is 14.6. The Morgan fingerprint density at radius 2 is 1.80 bits per heavy atom. The molecule has 0 radical (unpaired) electrons. The second-order valence-electron chi connectivity index (χ2n) is 6.47. The number of nitrogens with zero attached hydrogens (tertiary/aromatic N) is 2. The van der Waals surface area contributed by atoms with Gasteiger partial charge < -0.3 is 20.2 Å². The first-order chi connectivity index (χ1) is 12.2. The molecule has 1 fully saturated rings. The van der Waals surface area contributed by atoms with Crippen molar-refractivity contribution in [1.29, 1.82) is 0 Å². The van der Waals surface area contributed by atoms with Crippen molar-refractivity contribution < 1.29 is 9.90 Å². The molecule has 2 aromatic carbocycles. The Kier molecular flexibility index (Phi) is 5.56. The first-order valence-electron chi connectivity index (χ1n) is 8.71. The summed E-state index contributed by atoms with van der Waals surface area (Å²) >= 11 is 0. The summed E-state index contributed by atoms with van der Waals surface area (Å²) in [5, 5.41) is 12.0. The van der Waals surface area contributed by atoms with Crippen LogP contribution in [0, 0.1) is 0 Å². The Morgan fingerprint density at radius 1 is 1.12 bits per heavy atom.